The van der Waals surface area contributed by atoms with E-state index in [0.29, 0.717) is 23.4 Å². The lowest BCUT2D eigenvalue weighted by Crippen LogP contribution is -3.11. The smallest absolute Gasteiger partial charge is 0.354 e. The van der Waals surface area contributed by atoms with E-state index in [9.17, 15) is 19.5 Å². The number of benzene rings is 1. The Labute approximate surface area is 200 Å². The number of likely N-dealkylation sites (tertiary alicyclic amines) is 1. The lowest BCUT2D eigenvalue weighted by atomic mass is 9.94. The van der Waals surface area contributed by atoms with Gasteiger partial charge in [-0.2, -0.15) is 0 Å². The van der Waals surface area contributed by atoms with Gasteiger partial charge in [0.05, 0.1) is 32.8 Å². The number of methoxy groups -OCH3 is 1. The van der Waals surface area contributed by atoms with Gasteiger partial charge >= 0.3 is 5.97 Å². The molecule has 1 amide bonds. The van der Waals surface area contributed by atoms with Crippen LogP contribution < -0.4 is 10.0 Å². The molecule has 2 aromatic rings. The molecular weight excluding hydrogens is 434 g/mol. The Kier molecular flexibility index (Phi) is 7.94. The number of rotatable bonds is 9. The number of aromatic amines is 1. The van der Waals surface area contributed by atoms with Gasteiger partial charge in [-0.1, -0.05) is 36.1 Å². The van der Waals surface area contributed by atoms with E-state index in [4.69, 9.17) is 4.74 Å². The number of nitrogens with zero attached hydrogens (tertiary/aromatic N) is 1. The first-order chi connectivity index (χ1) is 16.3. The summed E-state index contributed by atoms with van der Waals surface area (Å²) in [4.78, 5) is 44.2. The molecule has 34 heavy (non-hydrogen) atoms. The van der Waals surface area contributed by atoms with E-state index in [0.717, 1.165) is 26.1 Å². The predicted molar refractivity (Wildman–Crippen MR) is 126 cm³/mol. The third-order valence-electron chi connectivity index (χ3n) is 6.63. The van der Waals surface area contributed by atoms with Crippen LogP contribution in [0.15, 0.2) is 35.9 Å². The number of aromatic nitrogens is 1. The molecule has 1 aliphatic heterocycles. The van der Waals surface area contributed by atoms with Crippen LogP contribution in [-0.2, 0) is 14.3 Å². The molecule has 2 N–H and O–H groups in total. The molecule has 0 radical (unpaired) electrons. The van der Waals surface area contributed by atoms with Crippen LogP contribution in [0.2, 0.25) is 0 Å². The summed E-state index contributed by atoms with van der Waals surface area (Å²) >= 11 is 0. The number of Topliss-reactive ketones (excluding diaryl/α,β-unsaturated/α-hetero) is 1. The molecule has 3 rings (SSSR count). The van der Waals surface area contributed by atoms with Gasteiger partial charge in [0.15, 0.2) is 0 Å². The van der Waals surface area contributed by atoms with Crippen molar-refractivity contribution in [2.24, 2.45) is 0 Å². The molecule has 1 aliphatic rings. The highest BCUT2D eigenvalue weighted by Gasteiger charge is 2.44. The predicted octanol–water partition coefficient (Wildman–Crippen LogP) is 0.957. The summed E-state index contributed by atoms with van der Waals surface area (Å²) in [5.41, 5.74) is 1.87. The molecule has 1 unspecified atom stereocenters. The van der Waals surface area contributed by atoms with Crippen LogP contribution in [0.1, 0.15) is 59.2 Å². The fourth-order valence-electron chi connectivity index (χ4n) is 4.72. The lowest BCUT2D eigenvalue weighted by Gasteiger charge is -2.28. The van der Waals surface area contributed by atoms with Gasteiger partial charge in [-0.15, -0.1) is 0 Å². The Balaban J connectivity index is 2.09. The molecule has 0 bridgehead atoms. The minimum Gasteiger partial charge on any atom is -0.872 e. The number of hydrogen-bond donors (Lipinski definition) is 2. The summed E-state index contributed by atoms with van der Waals surface area (Å²) in [6.45, 7) is 10.7. The maximum Gasteiger partial charge on any atom is 0.354 e. The first-order valence-electron chi connectivity index (χ1n) is 11.7. The van der Waals surface area contributed by atoms with Crippen LogP contribution in [0.4, 0.5) is 0 Å². The number of amides is 1. The van der Waals surface area contributed by atoms with Crippen molar-refractivity contribution >= 4 is 23.4 Å². The maximum absolute atomic E-state index is 13.8. The summed E-state index contributed by atoms with van der Waals surface area (Å²) in [5, 5.41) is 13.8. The number of nitrogens with one attached hydrogen (secondary N) is 2. The third-order valence-corrected chi connectivity index (χ3v) is 6.63. The highest BCUT2D eigenvalue weighted by atomic mass is 16.5. The summed E-state index contributed by atoms with van der Waals surface area (Å²) in [5.74, 6) is -2.58. The third kappa shape index (κ3) is 4.63. The SMILES string of the molecule is CC[NH+](CC)CCCN1C(=O)C(=O)/C(=C(/[O-])c2c(C)[nH]c(C(=O)OC)c2C)C1c1ccccc1. The minimum atomic E-state index is -0.784. The largest absolute Gasteiger partial charge is 0.872 e. The zero-order chi connectivity index (χ0) is 25.0. The van der Waals surface area contributed by atoms with Gasteiger partial charge in [-0.3, -0.25) is 9.59 Å². The van der Waals surface area contributed by atoms with Crippen LogP contribution in [-0.4, -0.2) is 60.8 Å². The van der Waals surface area contributed by atoms with Crippen LogP contribution in [0.25, 0.3) is 5.76 Å². The normalized spacial score (nSPS) is 17.6. The van der Waals surface area contributed by atoms with Gasteiger partial charge < -0.3 is 24.6 Å². The molecule has 8 heteroatoms. The van der Waals surface area contributed by atoms with Gasteiger partial charge in [0, 0.05) is 24.2 Å². The molecule has 2 heterocycles. The molecule has 1 aromatic carbocycles. The van der Waals surface area contributed by atoms with Crippen molar-refractivity contribution in [3.63, 3.8) is 0 Å². The van der Waals surface area contributed by atoms with Crippen LogP contribution in [0.3, 0.4) is 0 Å². The van der Waals surface area contributed by atoms with Gasteiger partial charge in [-0.05, 0) is 44.4 Å². The average molecular weight is 468 g/mol. The van der Waals surface area contributed by atoms with Crippen LogP contribution in [0.5, 0.6) is 0 Å². The van der Waals surface area contributed by atoms with Crippen molar-refractivity contribution in [1.29, 1.82) is 0 Å². The summed E-state index contributed by atoms with van der Waals surface area (Å²) in [6, 6.07) is 8.37. The Bertz CT molecular complexity index is 1100. The second kappa shape index (κ2) is 10.7. The number of quaternary nitrogens is 1. The van der Waals surface area contributed by atoms with E-state index in [1.807, 2.05) is 30.3 Å². The number of hydrogen-bond acceptors (Lipinski definition) is 5. The molecule has 1 fully saturated rings. The van der Waals surface area contributed by atoms with Crippen molar-refractivity contribution in [2.75, 3.05) is 33.3 Å². The fraction of sp³-hybridized carbons (Fsp3) is 0.423. The van der Waals surface area contributed by atoms with E-state index in [-0.39, 0.29) is 16.8 Å². The standard InChI is InChI=1S/C26H33N3O5/c1-6-28(7-2)14-11-15-29-22(18-12-9-8-10-13-18)20(24(31)25(29)32)23(30)19-16(3)21(26(33)34-5)27-17(19)4/h8-10,12-13,22,27,30H,6-7,11,14-15H2,1-5H3/b23-20+. The first-order valence-corrected chi connectivity index (χ1v) is 11.7. The van der Waals surface area contributed by atoms with Crippen molar-refractivity contribution in [1.82, 2.24) is 9.88 Å². The highest BCUT2D eigenvalue weighted by molar-refractivity contribution is 6.46. The Morgan fingerprint density at radius 2 is 1.79 bits per heavy atom. The van der Waals surface area contributed by atoms with E-state index >= 15 is 0 Å². The molecule has 1 saturated heterocycles. The minimum absolute atomic E-state index is 0.0759. The van der Waals surface area contributed by atoms with Crippen molar-refractivity contribution in [3.05, 3.63) is 64.0 Å². The Morgan fingerprint density at radius 3 is 2.38 bits per heavy atom. The Morgan fingerprint density at radius 1 is 1.15 bits per heavy atom. The molecule has 0 saturated carbocycles. The monoisotopic (exact) mass is 467 g/mol. The number of carbonyl (C=O) groups is 3. The molecule has 1 aromatic heterocycles. The van der Waals surface area contributed by atoms with Gasteiger partial charge in [0.25, 0.3) is 5.91 Å². The van der Waals surface area contributed by atoms with Gasteiger partial charge in [0.1, 0.15) is 5.69 Å². The van der Waals surface area contributed by atoms with Crippen LogP contribution >= 0.6 is 0 Å². The van der Waals surface area contributed by atoms with Crippen LogP contribution in [0, 0.1) is 13.8 Å². The second-order valence-electron chi connectivity index (χ2n) is 8.56. The molecule has 1 atom stereocenters. The highest BCUT2D eigenvalue weighted by Crippen LogP contribution is 2.39. The van der Waals surface area contributed by atoms with Gasteiger partial charge in [-0.25, -0.2) is 4.79 Å². The number of esters is 1. The molecule has 0 aliphatic carbocycles. The fourth-order valence-corrected chi connectivity index (χ4v) is 4.72. The number of ether oxygens (including phenoxy) is 1. The first kappa shape index (κ1) is 25.2. The molecule has 182 valence electrons. The lowest BCUT2D eigenvalue weighted by molar-refractivity contribution is -0.896. The zero-order valence-corrected chi connectivity index (χ0v) is 20.5. The number of carbonyl (C=O) groups excluding carboxylic acids is 3. The van der Waals surface area contributed by atoms with E-state index < -0.39 is 29.5 Å². The molecule has 0 spiro atoms. The maximum atomic E-state index is 13.8. The second-order valence-corrected chi connectivity index (χ2v) is 8.56. The number of aryl methyl sites for hydroxylation is 1. The van der Waals surface area contributed by atoms with E-state index in [1.54, 1.807) is 13.8 Å². The van der Waals surface area contributed by atoms with Gasteiger partial charge in [0.2, 0.25) is 5.78 Å². The van der Waals surface area contributed by atoms with E-state index in [2.05, 4.69) is 18.8 Å². The summed E-state index contributed by atoms with van der Waals surface area (Å²) < 4.78 is 4.80. The van der Waals surface area contributed by atoms with Crippen molar-refractivity contribution in [2.45, 2.75) is 40.2 Å². The van der Waals surface area contributed by atoms with Crippen molar-refractivity contribution in [3.8, 4) is 0 Å². The Hall–Kier alpha value is -3.39. The summed E-state index contributed by atoms with van der Waals surface area (Å²) in [6.07, 6.45) is 0.718. The molecule has 8 nitrogen and oxygen atoms in total. The van der Waals surface area contributed by atoms with E-state index in [1.165, 1.54) is 16.9 Å². The van der Waals surface area contributed by atoms with Crippen molar-refractivity contribution < 1.29 is 29.1 Å². The zero-order valence-electron chi connectivity index (χ0n) is 20.5. The number of ketones is 1. The average Bonchev–Trinajstić information content (AvgIpc) is 3.28. The molecular formula is C26H33N3O5. The quantitative estimate of drug-likeness (QED) is 0.247. The number of H-pyrrole nitrogens is 1. The topological polar surface area (TPSA) is 107 Å². The summed E-state index contributed by atoms with van der Waals surface area (Å²) in [7, 11) is 1.26.